The first kappa shape index (κ1) is 13.3. The molecule has 0 radical (unpaired) electrons. The van der Waals surface area contributed by atoms with Gasteiger partial charge in [-0.2, -0.15) is 0 Å². The Morgan fingerprint density at radius 2 is 1.73 bits per heavy atom. The van der Waals surface area contributed by atoms with Crippen molar-refractivity contribution in [3.05, 3.63) is 82.7 Å². The summed E-state index contributed by atoms with van der Waals surface area (Å²) in [6, 6.07) is 21.7. The van der Waals surface area contributed by atoms with Crippen LogP contribution >= 0.6 is 11.3 Å². The predicted octanol–water partition coefficient (Wildman–Crippen LogP) is 6.53. The van der Waals surface area contributed by atoms with Crippen molar-refractivity contribution in [3.63, 3.8) is 0 Å². The number of rotatable bonds is 2. The monoisotopic (exact) mass is 300 g/mol. The average molecular weight is 300 g/mol. The molecule has 0 fully saturated rings. The largest absolute Gasteiger partial charge is 0.143 e. The van der Waals surface area contributed by atoms with Crippen molar-refractivity contribution in [2.24, 2.45) is 0 Å². The average Bonchev–Trinajstić information content (AvgIpc) is 3.03. The summed E-state index contributed by atoms with van der Waals surface area (Å²) in [4.78, 5) is 0. The van der Waals surface area contributed by atoms with Gasteiger partial charge in [0.05, 0.1) is 0 Å². The number of hydrogen-bond acceptors (Lipinski definition) is 1. The standard InChI is InChI=1S/C21H16S/c1-15-5-4-6-16(13-15)9-10-18-14-17-7-2-3-8-19(17)21-20(18)11-12-22-21/h2-14H,1H3/b10-9-. The Balaban J connectivity index is 1.88. The summed E-state index contributed by atoms with van der Waals surface area (Å²) in [5.74, 6) is 0. The van der Waals surface area contributed by atoms with Gasteiger partial charge in [-0.3, -0.25) is 0 Å². The molecule has 0 aliphatic rings. The summed E-state index contributed by atoms with van der Waals surface area (Å²) >= 11 is 1.82. The second-order valence-corrected chi connectivity index (χ2v) is 6.51. The van der Waals surface area contributed by atoms with E-state index in [1.165, 1.54) is 37.5 Å². The van der Waals surface area contributed by atoms with E-state index in [0.29, 0.717) is 0 Å². The molecule has 0 saturated carbocycles. The summed E-state index contributed by atoms with van der Waals surface area (Å²) in [7, 11) is 0. The van der Waals surface area contributed by atoms with Crippen LogP contribution in [-0.4, -0.2) is 0 Å². The minimum atomic E-state index is 1.25. The second kappa shape index (κ2) is 5.43. The molecule has 22 heavy (non-hydrogen) atoms. The molecule has 0 unspecified atom stereocenters. The Labute approximate surface area is 134 Å². The topological polar surface area (TPSA) is 0 Å². The van der Waals surface area contributed by atoms with Crippen LogP contribution in [0.1, 0.15) is 16.7 Å². The van der Waals surface area contributed by atoms with Crippen molar-refractivity contribution >= 4 is 44.3 Å². The Morgan fingerprint density at radius 3 is 2.64 bits per heavy atom. The molecule has 0 saturated heterocycles. The second-order valence-electron chi connectivity index (χ2n) is 5.60. The van der Waals surface area contributed by atoms with E-state index in [2.05, 4.69) is 85.1 Å². The number of thiophene rings is 1. The summed E-state index contributed by atoms with van der Waals surface area (Å²) in [5, 5.41) is 6.18. The molecule has 1 aromatic heterocycles. The van der Waals surface area contributed by atoms with Gasteiger partial charge in [0.2, 0.25) is 0 Å². The zero-order valence-electron chi connectivity index (χ0n) is 12.4. The van der Waals surface area contributed by atoms with E-state index >= 15 is 0 Å². The molecule has 0 amide bonds. The van der Waals surface area contributed by atoms with Gasteiger partial charge < -0.3 is 0 Å². The van der Waals surface area contributed by atoms with Gasteiger partial charge in [-0.1, -0.05) is 66.2 Å². The number of fused-ring (bicyclic) bond motifs is 3. The molecule has 3 aromatic carbocycles. The summed E-state index contributed by atoms with van der Waals surface area (Å²) in [6.45, 7) is 2.13. The molecule has 1 heterocycles. The molecule has 0 atom stereocenters. The van der Waals surface area contributed by atoms with Crippen LogP contribution in [0.15, 0.2) is 66.0 Å². The van der Waals surface area contributed by atoms with Gasteiger partial charge in [0.1, 0.15) is 0 Å². The van der Waals surface area contributed by atoms with Crippen molar-refractivity contribution in [1.29, 1.82) is 0 Å². The summed E-state index contributed by atoms with van der Waals surface area (Å²) < 4.78 is 1.38. The molecule has 1 heteroatoms. The van der Waals surface area contributed by atoms with Crippen molar-refractivity contribution < 1.29 is 0 Å². The lowest BCUT2D eigenvalue weighted by molar-refractivity contribution is 1.46. The predicted molar refractivity (Wildman–Crippen MR) is 99.4 cm³/mol. The van der Waals surface area contributed by atoms with E-state index in [1.54, 1.807) is 0 Å². The van der Waals surface area contributed by atoms with Crippen molar-refractivity contribution in [1.82, 2.24) is 0 Å². The van der Waals surface area contributed by atoms with Crippen molar-refractivity contribution in [2.75, 3.05) is 0 Å². The van der Waals surface area contributed by atoms with Crippen LogP contribution in [0.2, 0.25) is 0 Å². The first-order valence-electron chi connectivity index (χ1n) is 7.45. The molecule has 0 aliphatic heterocycles. The zero-order valence-corrected chi connectivity index (χ0v) is 13.2. The van der Waals surface area contributed by atoms with Crippen LogP contribution < -0.4 is 0 Å². The fourth-order valence-electron chi connectivity index (χ4n) is 2.92. The van der Waals surface area contributed by atoms with E-state index in [1.807, 2.05) is 11.3 Å². The van der Waals surface area contributed by atoms with E-state index in [0.717, 1.165) is 0 Å². The van der Waals surface area contributed by atoms with Gasteiger partial charge in [-0.05, 0) is 46.3 Å². The molecule has 0 nitrogen and oxygen atoms in total. The molecule has 0 aliphatic carbocycles. The van der Waals surface area contributed by atoms with Crippen LogP contribution in [0.4, 0.5) is 0 Å². The third kappa shape index (κ3) is 2.34. The molecular weight excluding hydrogens is 284 g/mol. The lowest BCUT2D eigenvalue weighted by atomic mass is 10.0. The van der Waals surface area contributed by atoms with Crippen molar-refractivity contribution in [2.45, 2.75) is 6.92 Å². The Bertz CT molecular complexity index is 989. The molecule has 106 valence electrons. The van der Waals surface area contributed by atoms with Gasteiger partial charge >= 0.3 is 0 Å². The van der Waals surface area contributed by atoms with E-state index in [4.69, 9.17) is 0 Å². The first-order chi connectivity index (χ1) is 10.8. The van der Waals surface area contributed by atoms with Crippen LogP contribution in [-0.2, 0) is 0 Å². The SMILES string of the molecule is Cc1cccc(/C=C\c2cc3ccccc3c3sccc23)c1. The van der Waals surface area contributed by atoms with Crippen molar-refractivity contribution in [3.8, 4) is 0 Å². The highest BCUT2D eigenvalue weighted by molar-refractivity contribution is 7.18. The third-order valence-corrected chi connectivity index (χ3v) is 4.94. The zero-order chi connectivity index (χ0) is 14.9. The fourth-order valence-corrected chi connectivity index (χ4v) is 3.88. The maximum Gasteiger partial charge on any atom is 0.0427 e. The quantitative estimate of drug-likeness (QED) is 0.369. The number of hydrogen-bond donors (Lipinski definition) is 0. The van der Waals surface area contributed by atoms with E-state index < -0.39 is 0 Å². The van der Waals surface area contributed by atoms with Crippen LogP contribution in [0.3, 0.4) is 0 Å². The highest BCUT2D eigenvalue weighted by Crippen LogP contribution is 2.33. The normalized spacial score (nSPS) is 11.7. The Hall–Kier alpha value is -2.38. The first-order valence-corrected chi connectivity index (χ1v) is 8.33. The minimum absolute atomic E-state index is 1.25. The Morgan fingerprint density at radius 1 is 0.818 bits per heavy atom. The highest BCUT2D eigenvalue weighted by atomic mass is 32.1. The maximum absolute atomic E-state index is 2.29. The summed E-state index contributed by atoms with van der Waals surface area (Å²) in [6.07, 6.45) is 4.43. The van der Waals surface area contributed by atoms with Crippen LogP contribution in [0, 0.1) is 6.92 Å². The van der Waals surface area contributed by atoms with E-state index in [-0.39, 0.29) is 0 Å². The molecule has 0 N–H and O–H groups in total. The molecule has 0 spiro atoms. The smallest absolute Gasteiger partial charge is 0.0427 e. The third-order valence-electron chi connectivity index (χ3n) is 3.99. The number of benzene rings is 3. The van der Waals surface area contributed by atoms with Gasteiger partial charge in [0.25, 0.3) is 0 Å². The Kier molecular flexibility index (Phi) is 3.28. The van der Waals surface area contributed by atoms with Crippen LogP contribution in [0.5, 0.6) is 0 Å². The van der Waals surface area contributed by atoms with Gasteiger partial charge in [0.15, 0.2) is 0 Å². The van der Waals surface area contributed by atoms with Gasteiger partial charge in [-0.15, -0.1) is 11.3 Å². The lowest BCUT2D eigenvalue weighted by Crippen LogP contribution is -1.79. The molecule has 4 rings (SSSR count). The molecule has 0 bridgehead atoms. The van der Waals surface area contributed by atoms with E-state index in [9.17, 15) is 0 Å². The maximum atomic E-state index is 2.29. The van der Waals surface area contributed by atoms with Gasteiger partial charge in [0, 0.05) is 10.1 Å². The molecular formula is C21H16S. The summed E-state index contributed by atoms with van der Waals surface area (Å²) in [5.41, 5.74) is 3.83. The highest BCUT2D eigenvalue weighted by Gasteiger charge is 2.05. The molecule has 4 aromatic rings. The minimum Gasteiger partial charge on any atom is -0.143 e. The van der Waals surface area contributed by atoms with Gasteiger partial charge in [-0.25, -0.2) is 0 Å². The number of aryl methyl sites for hydroxylation is 1. The van der Waals surface area contributed by atoms with Crippen LogP contribution in [0.25, 0.3) is 33.0 Å². The fraction of sp³-hybridized carbons (Fsp3) is 0.0476. The lowest BCUT2D eigenvalue weighted by Gasteiger charge is -2.04.